The van der Waals surface area contributed by atoms with Crippen LogP contribution in [0.15, 0.2) is 36.4 Å². The van der Waals surface area contributed by atoms with Gasteiger partial charge in [-0.25, -0.2) is 4.79 Å². The Labute approximate surface area is 125 Å². The van der Waals surface area contributed by atoms with Crippen LogP contribution in [-0.2, 0) is 9.53 Å². The molecule has 1 N–H and O–H groups in total. The van der Waals surface area contributed by atoms with Gasteiger partial charge < -0.3 is 10.1 Å². The summed E-state index contributed by atoms with van der Waals surface area (Å²) in [6, 6.07) is 6.77. The Bertz CT molecular complexity index is 531. The van der Waals surface area contributed by atoms with E-state index >= 15 is 0 Å². The van der Waals surface area contributed by atoms with Crippen LogP contribution >= 0.6 is 0 Å². The monoisotopic (exact) mass is 287 g/mol. The number of anilines is 1. The second-order valence-corrected chi connectivity index (χ2v) is 5.55. The van der Waals surface area contributed by atoms with Crippen LogP contribution in [0, 0.1) is 5.92 Å². The van der Waals surface area contributed by atoms with Crippen LogP contribution in [0.2, 0.25) is 0 Å². The van der Waals surface area contributed by atoms with E-state index in [0.29, 0.717) is 23.6 Å². The van der Waals surface area contributed by atoms with E-state index in [4.69, 9.17) is 4.74 Å². The molecule has 0 radical (unpaired) electrons. The highest BCUT2D eigenvalue weighted by Crippen LogP contribution is 2.21. The number of rotatable bonds is 5. The molecule has 21 heavy (non-hydrogen) atoms. The summed E-state index contributed by atoms with van der Waals surface area (Å²) in [4.78, 5) is 23.6. The minimum absolute atomic E-state index is 0.00376. The first kappa shape index (κ1) is 15.3. The Balaban J connectivity index is 1.88. The zero-order chi connectivity index (χ0) is 15.2. The molecule has 0 saturated heterocycles. The van der Waals surface area contributed by atoms with Gasteiger partial charge in [-0.3, -0.25) is 4.79 Å². The molecule has 0 fully saturated rings. The number of hydrogen-bond donors (Lipinski definition) is 1. The summed E-state index contributed by atoms with van der Waals surface area (Å²) in [5.74, 6) is 0.00770. The van der Waals surface area contributed by atoms with Crippen LogP contribution in [0.4, 0.5) is 5.69 Å². The van der Waals surface area contributed by atoms with Gasteiger partial charge in [0.1, 0.15) is 0 Å². The molecule has 1 atom stereocenters. The number of hydrogen-bond acceptors (Lipinski definition) is 3. The molecule has 1 aromatic carbocycles. The number of esters is 1. The first-order valence-corrected chi connectivity index (χ1v) is 7.32. The number of carbonyl (C=O) groups excluding carboxylic acids is 2. The Hall–Kier alpha value is -2.10. The van der Waals surface area contributed by atoms with Gasteiger partial charge in [-0.2, -0.15) is 0 Å². The lowest BCUT2D eigenvalue weighted by Crippen LogP contribution is -2.15. The van der Waals surface area contributed by atoms with Crippen LogP contribution in [0.1, 0.15) is 43.5 Å². The molecular weight excluding hydrogens is 266 g/mol. The molecule has 4 nitrogen and oxygen atoms in total. The fourth-order valence-corrected chi connectivity index (χ4v) is 2.29. The molecule has 0 bridgehead atoms. The SMILES string of the molecule is CC(C)OC(=O)c1ccc(NC(=O)CC2C=CCC2)cc1. The lowest BCUT2D eigenvalue weighted by molar-refractivity contribution is -0.116. The summed E-state index contributed by atoms with van der Waals surface area (Å²) in [5.41, 5.74) is 1.18. The van der Waals surface area contributed by atoms with Gasteiger partial charge in [0.2, 0.25) is 5.91 Å². The van der Waals surface area contributed by atoms with Gasteiger partial charge in [-0.15, -0.1) is 0 Å². The van der Waals surface area contributed by atoms with E-state index in [9.17, 15) is 9.59 Å². The van der Waals surface area contributed by atoms with Crippen molar-refractivity contribution >= 4 is 17.6 Å². The van der Waals surface area contributed by atoms with Crippen molar-refractivity contribution in [2.75, 3.05) is 5.32 Å². The fourth-order valence-electron chi connectivity index (χ4n) is 2.29. The average Bonchev–Trinajstić information content (AvgIpc) is 2.91. The van der Waals surface area contributed by atoms with E-state index in [-0.39, 0.29) is 18.0 Å². The van der Waals surface area contributed by atoms with Crippen molar-refractivity contribution in [1.82, 2.24) is 0 Å². The second-order valence-electron chi connectivity index (χ2n) is 5.55. The summed E-state index contributed by atoms with van der Waals surface area (Å²) < 4.78 is 5.11. The predicted molar refractivity (Wildman–Crippen MR) is 82.1 cm³/mol. The first-order chi connectivity index (χ1) is 10.0. The summed E-state index contributed by atoms with van der Waals surface area (Å²) in [5, 5.41) is 2.85. The molecule has 0 spiro atoms. The van der Waals surface area contributed by atoms with Crippen molar-refractivity contribution < 1.29 is 14.3 Å². The highest BCUT2D eigenvalue weighted by molar-refractivity contribution is 5.93. The van der Waals surface area contributed by atoms with Gasteiger partial charge in [0.15, 0.2) is 0 Å². The highest BCUT2D eigenvalue weighted by Gasteiger charge is 2.14. The van der Waals surface area contributed by atoms with Gasteiger partial charge in [-0.1, -0.05) is 12.2 Å². The van der Waals surface area contributed by atoms with Crippen molar-refractivity contribution in [3.63, 3.8) is 0 Å². The predicted octanol–water partition coefficient (Wildman–Crippen LogP) is 3.55. The number of ether oxygens (including phenoxy) is 1. The van der Waals surface area contributed by atoms with Gasteiger partial charge in [-0.05, 0) is 56.9 Å². The third-order valence-corrected chi connectivity index (χ3v) is 3.31. The maximum absolute atomic E-state index is 11.9. The van der Waals surface area contributed by atoms with Gasteiger partial charge in [0.05, 0.1) is 11.7 Å². The molecular formula is C17H21NO3. The quantitative estimate of drug-likeness (QED) is 0.665. The van der Waals surface area contributed by atoms with Crippen LogP contribution < -0.4 is 5.32 Å². The zero-order valence-electron chi connectivity index (χ0n) is 12.5. The number of nitrogens with one attached hydrogen (secondary N) is 1. The lowest BCUT2D eigenvalue weighted by atomic mass is 10.0. The standard InChI is InChI=1S/C17H21NO3/c1-12(2)21-17(20)14-7-9-15(10-8-14)18-16(19)11-13-5-3-4-6-13/h3,5,7-10,12-13H,4,6,11H2,1-2H3,(H,18,19). The summed E-state index contributed by atoms with van der Waals surface area (Å²) >= 11 is 0. The Morgan fingerprint density at radius 3 is 2.57 bits per heavy atom. The number of carbonyl (C=O) groups is 2. The summed E-state index contributed by atoms with van der Waals surface area (Å²) in [6.07, 6.45) is 6.69. The van der Waals surface area contributed by atoms with Crippen LogP contribution in [-0.4, -0.2) is 18.0 Å². The van der Waals surface area contributed by atoms with E-state index in [1.54, 1.807) is 24.3 Å². The molecule has 0 aliphatic heterocycles. The van der Waals surface area contributed by atoms with E-state index in [0.717, 1.165) is 12.8 Å². The van der Waals surface area contributed by atoms with Crippen LogP contribution in [0.5, 0.6) is 0 Å². The van der Waals surface area contributed by atoms with E-state index in [1.807, 2.05) is 13.8 Å². The van der Waals surface area contributed by atoms with Gasteiger partial charge in [0, 0.05) is 12.1 Å². The minimum Gasteiger partial charge on any atom is -0.459 e. The second kappa shape index (κ2) is 7.07. The summed E-state index contributed by atoms with van der Waals surface area (Å²) in [6.45, 7) is 3.62. The number of benzene rings is 1. The van der Waals surface area contributed by atoms with Crippen molar-refractivity contribution in [3.05, 3.63) is 42.0 Å². The molecule has 112 valence electrons. The molecule has 1 unspecified atom stereocenters. The average molecular weight is 287 g/mol. The van der Waals surface area contributed by atoms with Crippen molar-refractivity contribution in [2.24, 2.45) is 5.92 Å². The molecule has 2 rings (SSSR count). The van der Waals surface area contributed by atoms with Gasteiger partial charge in [0.25, 0.3) is 0 Å². The van der Waals surface area contributed by atoms with Gasteiger partial charge >= 0.3 is 5.97 Å². The Morgan fingerprint density at radius 2 is 2.00 bits per heavy atom. The Kier molecular flexibility index (Phi) is 5.14. The fraction of sp³-hybridized carbons (Fsp3) is 0.412. The largest absolute Gasteiger partial charge is 0.459 e. The molecule has 1 aliphatic carbocycles. The zero-order valence-corrected chi connectivity index (χ0v) is 12.5. The van der Waals surface area contributed by atoms with Crippen molar-refractivity contribution in [3.8, 4) is 0 Å². The number of amides is 1. The normalized spacial score (nSPS) is 17.0. The van der Waals surface area contributed by atoms with E-state index in [1.165, 1.54) is 0 Å². The molecule has 4 heteroatoms. The molecule has 1 aliphatic rings. The topological polar surface area (TPSA) is 55.4 Å². The highest BCUT2D eigenvalue weighted by atomic mass is 16.5. The first-order valence-electron chi connectivity index (χ1n) is 7.32. The van der Waals surface area contributed by atoms with Crippen molar-refractivity contribution in [1.29, 1.82) is 0 Å². The third kappa shape index (κ3) is 4.74. The number of allylic oxidation sites excluding steroid dienone is 2. The third-order valence-electron chi connectivity index (χ3n) is 3.31. The van der Waals surface area contributed by atoms with Crippen molar-refractivity contribution in [2.45, 2.75) is 39.2 Å². The maximum atomic E-state index is 11.9. The minimum atomic E-state index is -0.348. The lowest BCUT2D eigenvalue weighted by Gasteiger charge is -2.10. The molecule has 0 saturated carbocycles. The van der Waals surface area contributed by atoms with Crippen LogP contribution in [0.3, 0.4) is 0 Å². The van der Waals surface area contributed by atoms with Crippen LogP contribution in [0.25, 0.3) is 0 Å². The molecule has 0 aromatic heterocycles. The smallest absolute Gasteiger partial charge is 0.338 e. The summed E-state index contributed by atoms with van der Waals surface area (Å²) in [7, 11) is 0. The molecule has 1 aromatic rings. The van der Waals surface area contributed by atoms with E-state index < -0.39 is 0 Å². The maximum Gasteiger partial charge on any atom is 0.338 e. The molecule has 0 heterocycles. The molecule has 1 amide bonds. The van der Waals surface area contributed by atoms with E-state index in [2.05, 4.69) is 17.5 Å². The Morgan fingerprint density at radius 1 is 1.29 bits per heavy atom.